The fourth-order valence-corrected chi connectivity index (χ4v) is 5.57. The van der Waals surface area contributed by atoms with Crippen LogP contribution in [0, 0.1) is 0 Å². The molecule has 0 radical (unpaired) electrons. The van der Waals surface area contributed by atoms with Crippen molar-refractivity contribution in [2.45, 2.75) is 73.8 Å². The second-order valence-corrected chi connectivity index (χ2v) is 14.2. The number of nitrogens with zero attached hydrogens (tertiary/aromatic N) is 4. The Labute approximate surface area is 439 Å². The van der Waals surface area contributed by atoms with Crippen molar-refractivity contribution in [1.82, 2.24) is 35.6 Å². The molecule has 1 saturated heterocycles. The fourth-order valence-electron chi connectivity index (χ4n) is 5.57. The van der Waals surface area contributed by atoms with E-state index in [1.165, 1.54) is 0 Å². The molecule has 1 unspecified atom stereocenters. The Hall–Kier alpha value is -3.18. The highest BCUT2D eigenvalue weighted by atomic mass is 16.6. The zero-order valence-electron chi connectivity index (χ0n) is 46.9. The van der Waals surface area contributed by atoms with Crippen LogP contribution in [0.3, 0.4) is 0 Å². The Morgan fingerprint density at radius 1 is 0.548 bits per heavy atom. The number of aliphatic hydroxyl groups excluding tert-OH is 1. The van der Waals surface area contributed by atoms with Crippen LogP contribution in [0.15, 0.2) is 0 Å². The molecular formula is C49H105N7O17. The van der Waals surface area contributed by atoms with E-state index in [1.54, 1.807) is 7.05 Å². The molecular weight excluding hydrogens is 959 g/mol. The van der Waals surface area contributed by atoms with Crippen LogP contribution >= 0.6 is 0 Å². The average molecular weight is 1060 g/mol. The van der Waals surface area contributed by atoms with Crippen molar-refractivity contribution in [2.75, 3.05) is 212 Å². The number of carbonyl (C=O) groups excluding carboxylic acids is 4. The van der Waals surface area contributed by atoms with Gasteiger partial charge in [-0.1, -0.05) is 48.5 Å². The first-order valence-electron chi connectivity index (χ1n) is 25.9. The van der Waals surface area contributed by atoms with E-state index in [-0.39, 0.29) is 31.6 Å². The number of unbranched alkanes of at least 4 members (excludes halogenated alkanes) is 1. The van der Waals surface area contributed by atoms with Crippen molar-refractivity contribution in [3.8, 4) is 0 Å². The van der Waals surface area contributed by atoms with E-state index in [0.717, 1.165) is 71.4 Å². The Morgan fingerprint density at radius 2 is 0.918 bits per heavy atom. The minimum absolute atomic E-state index is 0.00435. The van der Waals surface area contributed by atoms with Gasteiger partial charge in [-0.05, 0) is 39.9 Å². The van der Waals surface area contributed by atoms with Gasteiger partial charge >= 0.3 is 5.97 Å². The van der Waals surface area contributed by atoms with Crippen LogP contribution in [0.2, 0.25) is 0 Å². The van der Waals surface area contributed by atoms with Gasteiger partial charge in [0.1, 0.15) is 25.5 Å². The van der Waals surface area contributed by atoms with E-state index in [0.29, 0.717) is 152 Å². The molecule has 6 N–H and O–H groups in total. The predicted octanol–water partition coefficient (Wildman–Crippen LogP) is 0.468. The number of hydrogen-bond acceptors (Lipinski definition) is 21. The normalized spacial score (nSPS) is 13.5. The molecule has 1 heterocycles. The lowest BCUT2D eigenvalue weighted by atomic mass is 10.1. The van der Waals surface area contributed by atoms with Crippen LogP contribution in [-0.4, -0.2) is 290 Å². The standard InChI is InChI=1S/C26H53N3O10.C15H28N4O4.3C2H6.CH2O2.CH4O/c1-27-7-8-32-9-10-33-11-12-34-13-14-35-15-16-36-17-18-37-19-20-38-21-22-39-24-26(31)29-6-4-3-5-25(23-30)28-2;1-2-16-3-4-17(9-11-20)5-6-18(13-15(22)23)7-8-19(14-16)10-12-21;3*1-2;2-1-3;1-2/h23,25,27-28H,3-22,24H2,1-2H3,(H,29,31);11-12H,2-10,13-14H2,1H3,(H,22,23);3*1-2H3;1H,(H,2,3);2H,1H3. The van der Waals surface area contributed by atoms with Crippen LogP contribution < -0.4 is 16.0 Å². The first kappa shape index (κ1) is 81.2. The molecule has 1 amide bonds. The number of carboxylic acids is 1. The highest BCUT2D eigenvalue weighted by molar-refractivity contribution is 5.77. The van der Waals surface area contributed by atoms with E-state index in [9.17, 15) is 24.0 Å². The summed E-state index contributed by atoms with van der Waals surface area (Å²) in [6.07, 6.45) is 5.12. The van der Waals surface area contributed by atoms with Crippen LogP contribution in [0.1, 0.15) is 67.7 Å². The highest BCUT2D eigenvalue weighted by Gasteiger charge is 2.18. The number of nitrogens with one attached hydrogen (secondary N) is 3. The number of hydrogen-bond donors (Lipinski definition) is 6. The molecule has 24 nitrogen and oxygen atoms in total. The van der Waals surface area contributed by atoms with Gasteiger partial charge in [-0.2, -0.15) is 0 Å². The second kappa shape index (κ2) is 75.3. The molecule has 1 aliphatic rings. The predicted molar refractivity (Wildman–Crippen MR) is 283 cm³/mol. The molecule has 1 atom stereocenters. The summed E-state index contributed by atoms with van der Waals surface area (Å²) in [7, 11) is 4.65. The molecule has 0 spiro atoms. The highest BCUT2D eigenvalue weighted by Crippen LogP contribution is 2.02. The Balaban J connectivity index is -0.000000278. The summed E-state index contributed by atoms with van der Waals surface area (Å²) in [4.78, 5) is 71.6. The van der Waals surface area contributed by atoms with Gasteiger partial charge in [0.05, 0.1) is 131 Å². The third-order valence-corrected chi connectivity index (χ3v) is 9.20. The summed E-state index contributed by atoms with van der Waals surface area (Å²) >= 11 is 0. The Kier molecular flexibility index (Phi) is 83.8. The molecule has 1 aliphatic heterocycles. The van der Waals surface area contributed by atoms with Crippen molar-refractivity contribution >= 4 is 37.2 Å². The summed E-state index contributed by atoms with van der Waals surface area (Å²) < 4.78 is 43.2. The van der Waals surface area contributed by atoms with Gasteiger partial charge in [-0.25, -0.2) is 0 Å². The molecule has 0 aromatic rings. The zero-order valence-corrected chi connectivity index (χ0v) is 46.9. The van der Waals surface area contributed by atoms with Crippen LogP contribution in [-0.2, 0) is 66.7 Å². The number of carbonyl (C=O) groups is 6. The number of amides is 1. The van der Waals surface area contributed by atoms with Crippen molar-refractivity contribution in [2.24, 2.45) is 0 Å². The SMILES string of the molecule is CC.CC.CC.CCN1CCN(CC=O)CCN(CC(=O)O)CCN(CC=O)C1.CNCCOCCOCCOCCOCCOCCOCCOCCOCC(=O)NCCCCC(C=O)NC.CO.O=CO. The maximum atomic E-state index is 11.7. The minimum Gasteiger partial charge on any atom is -0.483 e. The number of carboxylic acid groups (broad SMARTS) is 2. The summed E-state index contributed by atoms with van der Waals surface area (Å²) in [6, 6.07) is -0.119. The average Bonchev–Trinajstić information content (AvgIpc) is 3.44. The summed E-state index contributed by atoms with van der Waals surface area (Å²) in [5.74, 6) is -1.02. The number of aldehydes is 3. The maximum absolute atomic E-state index is 11.7. The number of likely N-dealkylation sites (N-methyl/N-ethyl adjacent to an activating group) is 3. The molecule has 1 fully saturated rings. The summed E-state index contributed by atoms with van der Waals surface area (Å²) in [6.45, 7) is 29.1. The zero-order chi connectivity index (χ0) is 56.3. The number of aliphatic hydroxyl groups is 1. The quantitative estimate of drug-likeness (QED) is 0.0359. The molecule has 1 rings (SSSR count). The minimum atomic E-state index is -0.862. The summed E-state index contributed by atoms with van der Waals surface area (Å²) in [5, 5.41) is 31.7. The van der Waals surface area contributed by atoms with Crippen LogP contribution in [0.5, 0.6) is 0 Å². The first-order valence-corrected chi connectivity index (χ1v) is 25.9. The lowest BCUT2D eigenvalue weighted by molar-refractivity contribution is -0.138. The van der Waals surface area contributed by atoms with E-state index < -0.39 is 5.97 Å². The fraction of sp³-hybridized carbons (Fsp3) is 0.878. The van der Waals surface area contributed by atoms with Gasteiger partial charge in [0.15, 0.2) is 0 Å². The molecule has 0 aromatic heterocycles. The Bertz CT molecular complexity index is 1110. The molecule has 0 aliphatic carbocycles. The molecule has 24 heteroatoms. The number of ether oxygens (including phenoxy) is 8. The second-order valence-electron chi connectivity index (χ2n) is 14.2. The number of rotatable bonds is 40. The van der Waals surface area contributed by atoms with Gasteiger partial charge < -0.3 is 83.5 Å². The molecule has 0 saturated carbocycles. The topological polar surface area (TPSA) is 286 Å². The van der Waals surface area contributed by atoms with Crippen molar-refractivity contribution in [1.29, 1.82) is 0 Å². The van der Waals surface area contributed by atoms with Crippen molar-refractivity contribution < 1.29 is 82.0 Å². The largest absolute Gasteiger partial charge is 0.483 e. The first-order chi connectivity index (χ1) is 35.7. The van der Waals surface area contributed by atoms with Gasteiger partial charge in [-0.3, -0.25) is 34.0 Å². The third-order valence-electron chi connectivity index (χ3n) is 9.20. The van der Waals surface area contributed by atoms with E-state index in [4.69, 9.17) is 58.0 Å². The van der Waals surface area contributed by atoms with Gasteiger partial charge in [0.25, 0.3) is 6.47 Å². The Morgan fingerprint density at radius 3 is 1.29 bits per heavy atom. The lowest BCUT2D eigenvalue weighted by Crippen LogP contribution is -2.44. The van der Waals surface area contributed by atoms with E-state index in [2.05, 4.69) is 27.8 Å². The lowest BCUT2D eigenvalue weighted by Gasteiger charge is -2.29. The van der Waals surface area contributed by atoms with Gasteiger partial charge in [0.2, 0.25) is 5.91 Å². The molecule has 0 aromatic carbocycles. The van der Waals surface area contributed by atoms with Gasteiger partial charge in [-0.15, -0.1) is 0 Å². The van der Waals surface area contributed by atoms with Crippen LogP contribution in [0.25, 0.3) is 0 Å². The molecule has 438 valence electrons. The number of aliphatic carboxylic acids is 1. The summed E-state index contributed by atoms with van der Waals surface area (Å²) in [5.41, 5.74) is 0. The van der Waals surface area contributed by atoms with E-state index >= 15 is 0 Å². The van der Waals surface area contributed by atoms with Gasteiger partial charge in [0, 0.05) is 59.5 Å². The van der Waals surface area contributed by atoms with Crippen molar-refractivity contribution in [3.63, 3.8) is 0 Å². The smallest absolute Gasteiger partial charge is 0.317 e. The van der Waals surface area contributed by atoms with E-state index in [1.807, 2.05) is 63.3 Å². The third kappa shape index (κ3) is 68.8. The van der Waals surface area contributed by atoms with Crippen molar-refractivity contribution in [3.05, 3.63) is 0 Å². The maximum Gasteiger partial charge on any atom is 0.317 e. The monoisotopic (exact) mass is 1060 g/mol. The van der Waals surface area contributed by atoms with Crippen LogP contribution in [0.4, 0.5) is 0 Å². The molecule has 0 bridgehead atoms. The molecule has 73 heavy (non-hydrogen) atoms.